The first kappa shape index (κ1) is 29.3. The van der Waals surface area contributed by atoms with Crippen LogP contribution in [0.2, 0.25) is 0 Å². The van der Waals surface area contributed by atoms with Crippen LogP contribution in [0.15, 0.2) is 152 Å². The topological polar surface area (TPSA) is 30.7 Å². The molecular formula is C42H25N3PtS. The van der Waals surface area contributed by atoms with Gasteiger partial charge in [-0.15, -0.1) is 53.6 Å². The molecular weight excluding hydrogens is 774 g/mol. The van der Waals surface area contributed by atoms with Crippen molar-refractivity contribution in [2.24, 2.45) is 0 Å². The number of hydrogen-bond donors (Lipinski definition) is 0. The van der Waals surface area contributed by atoms with Gasteiger partial charge in [0.05, 0.1) is 5.52 Å². The molecule has 47 heavy (non-hydrogen) atoms. The minimum Gasteiger partial charge on any atom is -0.346 e. The van der Waals surface area contributed by atoms with Crippen LogP contribution in [-0.4, -0.2) is 14.5 Å². The first-order valence-electron chi connectivity index (χ1n) is 15.2. The van der Waals surface area contributed by atoms with Crippen molar-refractivity contribution in [2.45, 2.75) is 0 Å². The van der Waals surface area contributed by atoms with Crippen molar-refractivity contribution < 1.29 is 21.1 Å². The molecule has 0 N–H and O–H groups in total. The molecule has 5 heteroatoms. The quantitative estimate of drug-likeness (QED) is 0.162. The summed E-state index contributed by atoms with van der Waals surface area (Å²) in [5.41, 5.74) is 11.7. The second-order valence-electron chi connectivity index (χ2n) is 11.3. The first-order chi connectivity index (χ1) is 22.8. The summed E-state index contributed by atoms with van der Waals surface area (Å²) in [7, 11) is 0. The normalized spacial score (nSPS) is 11.2. The summed E-state index contributed by atoms with van der Waals surface area (Å²) in [6, 6.07) is 58.3. The minimum atomic E-state index is 0. The van der Waals surface area contributed by atoms with E-state index in [1.807, 2.05) is 30.5 Å². The van der Waals surface area contributed by atoms with Gasteiger partial charge in [-0.25, -0.2) is 0 Å². The fraction of sp³-hybridized carbons (Fsp3) is 0. The molecule has 0 unspecified atom stereocenters. The molecule has 0 bridgehead atoms. The molecule has 0 radical (unpaired) electrons. The number of benzene rings is 6. The maximum atomic E-state index is 5.05. The third kappa shape index (κ3) is 5.30. The maximum absolute atomic E-state index is 5.05. The van der Waals surface area contributed by atoms with Gasteiger partial charge in [0, 0.05) is 21.4 Å². The van der Waals surface area contributed by atoms with Gasteiger partial charge in [-0.05, 0) is 68.8 Å². The van der Waals surface area contributed by atoms with Gasteiger partial charge in [0.2, 0.25) is 0 Å². The number of hydrogen-bond acceptors (Lipinski definition) is 3. The Bertz CT molecular complexity index is 2520. The number of aromatic nitrogens is 3. The summed E-state index contributed by atoms with van der Waals surface area (Å²) in [6.07, 6.45) is 1.82. The molecule has 0 aliphatic heterocycles. The van der Waals surface area contributed by atoms with Crippen molar-refractivity contribution in [3.8, 4) is 49.8 Å². The van der Waals surface area contributed by atoms with E-state index in [-0.39, 0.29) is 21.1 Å². The van der Waals surface area contributed by atoms with Crippen molar-refractivity contribution in [3.05, 3.63) is 164 Å². The van der Waals surface area contributed by atoms with E-state index in [1.54, 1.807) is 11.3 Å². The van der Waals surface area contributed by atoms with Crippen LogP contribution in [0.3, 0.4) is 0 Å². The Balaban J connectivity index is 0.00000324. The van der Waals surface area contributed by atoms with Gasteiger partial charge < -0.3 is 9.55 Å². The molecule has 0 atom stereocenters. The van der Waals surface area contributed by atoms with Crippen LogP contribution in [0.25, 0.3) is 81.8 Å². The molecule has 0 fully saturated rings. The third-order valence-electron chi connectivity index (χ3n) is 8.49. The van der Waals surface area contributed by atoms with E-state index in [0.717, 1.165) is 54.2 Å². The summed E-state index contributed by atoms with van der Waals surface area (Å²) < 4.78 is 3.41. The molecule has 0 amide bonds. The summed E-state index contributed by atoms with van der Waals surface area (Å²) in [6.45, 7) is 0. The van der Waals surface area contributed by atoms with E-state index in [0.29, 0.717) is 0 Å². The maximum Gasteiger partial charge on any atom is 2.00 e. The number of para-hydroxylation sites is 1. The molecule has 0 saturated carbocycles. The molecule has 0 aliphatic carbocycles. The van der Waals surface area contributed by atoms with Crippen LogP contribution >= 0.6 is 11.3 Å². The van der Waals surface area contributed by atoms with Crippen LogP contribution in [0.5, 0.6) is 0 Å². The first-order valence-corrected chi connectivity index (χ1v) is 16.1. The van der Waals surface area contributed by atoms with Crippen LogP contribution in [0.1, 0.15) is 0 Å². The van der Waals surface area contributed by atoms with Gasteiger partial charge in [0.25, 0.3) is 0 Å². The van der Waals surface area contributed by atoms with Crippen LogP contribution in [-0.2, 0) is 21.1 Å². The van der Waals surface area contributed by atoms with Gasteiger partial charge in [0.15, 0.2) is 0 Å². The number of nitrogens with zero attached hydrogens (tertiary/aromatic N) is 3. The van der Waals surface area contributed by atoms with Crippen molar-refractivity contribution in [2.75, 3.05) is 0 Å². The largest absolute Gasteiger partial charge is 2.00 e. The smallest absolute Gasteiger partial charge is 0.346 e. The van der Waals surface area contributed by atoms with Crippen molar-refractivity contribution in [1.82, 2.24) is 14.5 Å². The summed E-state index contributed by atoms with van der Waals surface area (Å²) in [5, 5.41) is 3.29. The average molecular weight is 799 g/mol. The predicted molar refractivity (Wildman–Crippen MR) is 191 cm³/mol. The number of thiazole rings is 1. The van der Waals surface area contributed by atoms with Gasteiger partial charge in [-0.3, -0.25) is 4.98 Å². The molecule has 9 rings (SSSR count). The Morgan fingerprint density at radius 1 is 0.553 bits per heavy atom. The fourth-order valence-electron chi connectivity index (χ4n) is 6.23. The van der Waals surface area contributed by atoms with Crippen molar-refractivity contribution in [3.63, 3.8) is 0 Å². The molecule has 224 valence electrons. The standard InChI is InChI=1S/C42H25N3S.Pt/c1-2-9-28(10-3-1)29-16-18-30(19-17-29)31-21-23-38-41(27-31)46-42(44-38)33-20-22-36-35-13-4-5-15-39(35)45(40(36)26-33)34-12-8-11-32(25-34)37-14-6-7-24-43-37;/h1-24,27H;/q-2;+2. The summed E-state index contributed by atoms with van der Waals surface area (Å²) in [5.74, 6) is 0. The van der Waals surface area contributed by atoms with Gasteiger partial charge in [0.1, 0.15) is 0 Å². The van der Waals surface area contributed by atoms with E-state index in [2.05, 4.69) is 143 Å². The Hall–Kier alpha value is -5.15. The summed E-state index contributed by atoms with van der Waals surface area (Å²) >= 11 is 1.71. The van der Waals surface area contributed by atoms with Crippen LogP contribution in [0.4, 0.5) is 0 Å². The van der Waals surface area contributed by atoms with E-state index in [1.165, 1.54) is 27.6 Å². The monoisotopic (exact) mass is 798 g/mol. The van der Waals surface area contributed by atoms with Crippen LogP contribution < -0.4 is 0 Å². The molecule has 0 saturated heterocycles. The van der Waals surface area contributed by atoms with E-state index < -0.39 is 0 Å². The van der Waals surface area contributed by atoms with Crippen molar-refractivity contribution in [1.29, 1.82) is 0 Å². The van der Waals surface area contributed by atoms with E-state index in [4.69, 9.17) is 4.98 Å². The van der Waals surface area contributed by atoms with Gasteiger partial charge >= 0.3 is 21.1 Å². The van der Waals surface area contributed by atoms with E-state index >= 15 is 0 Å². The number of fused-ring (bicyclic) bond motifs is 4. The third-order valence-corrected chi connectivity index (χ3v) is 9.54. The Labute approximate surface area is 291 Å². The molecule has 0 aliphatic rings. The summed E-state index contributed by atoms with van der Waals surface area (Å²) in [4.78, 5) is 9.61. The van der Waals surface area contributed by atoms with Crippen LogP contribution in [0, 0.1) is 12.1 Å². The van der Waals surface area contributed by atoms with Gasteiger partial charge in [-0.1, -0.05) is 96.4 Å². The molecule has 3 nitrogen and oxygen atoms in total. The average Bonchev–Trinajstić information content (AvgIpc) is 3.71. The Kier molecular flexibility index (Phi) is 7.61. The second-order valence-corrected chi connectivity index (χ2v) is 12.3. The van der Waals surface area contributed by atoms with Crippen molar-refractivity contribution >= 4 is 43.4 Å². The molecule has 6 aromatic carbocycles. The SMILES string of the molecule is [Pt+2].[c-]1c(-c2ccccn2)cccc1-n1c2[c-]c(-c3nc4ccc(-c5ccc(-c6ccccc6)cc5)cc4s3)ccc2c2ccccc21. The fourth-order valence-corrected chi connectivity index (χ4v) is 7.22. The molecule has 9 aromatic rings. The zero-order valence-electron chi connectivity index (χ0n) is 25.0. The number of rotatable bonds is 5. The molecule has 3 heterocycles. The number of pyridine rings is 1. The zero-order chi connectivity index (χ0) is 30.5. The molecule has 0 spiro atoms. The Morgan fingerprint density at radius 2 is 1.30 bits per heavy atom. The molecule has 3 aromatic heterocycles. The second kappa shape index (κ2) is 12.2. The Morgan fingerprint density at radius 3 is 2.13 bits per heavy atom. The zero-order valence-corrected chi connectivity index (χ0v) is 28.1. The van der Waals surface area contributed by atoms with Gasteiger partial charge in [-0.2, -0.15) is 11.3 Å². The van der Waals surface area contributed by atoms with E-state index in [9.17, 15) is 0 Å². The minimum absolute atomic E-state index is 0. The predicted octanol–water partition coefficient (Wildman–Crippen LogP) is 11.1.